The monoisotopic (exact) mass is 385 g/mol. The highest BCUT2D eigenvalue weighted by Crippen LogP contribution is 2.21. The van der Waals surface area contributed by atoms with Crippen molar-refractivity contribution in [2.24, 2.45) is 0 Å². The molecule has 1 aromatic heterocycles. The van der Waals surface area contributed by atoms with Gasteiger partial charge in [0.25, 0.3) is 5.91 Å². The fourth-order valence-electron chi connectivity index (χ4n) is 3.22. The Bertz CT molecular complexity index is 835. The Hall–Kier alpha value is -2.60. The van der Waals surface area contributed by atoms with Gasteiger partial charge >= 0.3 is 5.97 Å². The molecule has 0 aliphatic heterocycles. The Morgan fingerprint density at radius 3 is 2.25 bits per heavy atom. The summed E-state index contributed by atoms with van der Waals surface area (Å²) >= 11 is 0. The molecule has 1 amide bonds. The van der Waals surface area contributed by atoms with E-state index in [1.807, 2.05) is 14.1 Å². The third-order valence-corrected chi connectivity index (χ3v) is 4.75. The van der Waals surface area contributed by atoms with Crippen molar-refractivity contribution in [2.45, 2.75) is 46.8 Å². The lowest BCUT2D eigenvalue weighted by Gasteiger charge is -2.25. The number of aromatic nitrogens is 1. The Balaban J connectivity index is 2.16. The predicted octanol–water partition coefficient (Wildman–Crippen LogP) is 3.54. The molecule has 152 valence electrons. The van der Waals surface area contributed by atoms with E-state index < -0.39 is 5.97 Å². The number of nitrogens with one attached hydrogen (secondary N) is 2. The maximum atomic E-state index is 12.8. The smallest absolute Gasteiger partial charge is 0.340 e. The molecule has 28 heavy (non-hydrogen) atoms. The molecule has 0 spiro atoms. The maximum Gasteiger partial charge on any atom is 0.340 e. The average molecular weight is 386 g/mol. The molecule has 1 aromatic carbocycles. The zero-order valence-corrected chi connectivity index (χ0v) is 17.8. The standard InChI is InChI=1S/C22H31N3O3/c1-13(2)28-22(27)19-15(4)20(24-16(19)5)21(26)23-12-18(25(6)7)17-10-8-14(3)9-11-17/h8-11,13,18,24H,12H2,1-7H3,(H,23,26). The highest BCUT2D eigenvalue weighted by molar-refractivity contribution is 6.00. The van der Waals surface area contributed by atoms with Crippen LogP contribution in [0.1, 0.15) is 63.1 Å². The molecule has 2 rings (SSSR count). The molecule has 0 bridgehead atoms. The number of rotatable bonds is 7. The number of likely N-dealkylation sites (N-methyl/N-ethyl adjacent to an activating group) is 1. The number of esters is 1. The number of H-pyrrole nitrogens is 1. The highest BCUT2D eigenvalue weighted by Gasteiger charge is 2.24. The van der Waals surface area contributed by atoms with Crippen LogP contribution in [-0.4, -0.2) is 48.5 Å². The summed E-state index contributed by atoms with van der Waals surface area (Å²) in [7, 11) is 3.97. The van der Waals surface area contributed by atoms with Gasteiger partial charge in [0, 0.05) is 12.2 Å². The van der Waals surface area contributed by atoms with Crippen molar-refractivity contribution in [3.8, 4) is 0 Å². The predicted molar refractivity (Wildman–Crippen MR) is 111 cm³/mol. The van der Waals surface area contributed by atoms with E-state index in [4.69, 9.17) is 4.74 Å². The number of benzene rings is 1. The number of aromatic amines is 1. The topological polar surface area (TPSA) is 74.4 Å². The normalized spacial score (nSPS) is 12.3. The van der Waals surface area contributed by atoms with Crippen molar-refractivity contribution >= 4 is 11.9 Å². The Kier molecular flexibility index (Phi) is 7.02. The minimum absolute atomic E-state index is 0.0475. The molecule has 1 atom stereocenters. The zero-order valence-electron chi connectivity index (χ0n) is 17.8. The van der Waals surface area contributed by atoms with Crippen LogP contribution in [0.2, 0.25) is 0 Å². The largest absolute Gasteiger partial charge is 0.459 e. The first-order valence-electron chi connectivity index (χ1n) is 9.53. The fraction of sp³-hybridized carbons (Fsp3) is 0.455. The van der Waals surface area contributed by atoms with Crippen molar-refractivity contribution in [3.63, 3.8) is 0 Å². The lowest BCUT2D eigenvalue weighted by atomic mass is 10.0. The fourth-order valence-corrected chi connectivity index (χ4v) is 3.22. The molecule has 1 heterocycles. The summed E-state index contributed by atoms with van der Waals surface area (Å²) in [5.74, 6) is -0.644. The average Bonchev–Trinajstić information content (AvgIpc) is 2.90. The molecule has 0 aliphatic rings. The van der Waals surface area contributed by atoms with Gasteiger partial charge < -0.3 is 19.9 Å². The number of hydrogen-bond donors (Lipinski definition) is 2. The second-order valence-corrected chi connectivity index (χ2v) is 7.68. The number of hydrogen-bond acceptors (Lipinski definition) is 4. The van der Waals surface area contributed by atoms with Gasteiger partial charge in [-0.05, 0) is 59.8 Å². The molecule has 6 heteroatoms. The molecule has 1 unspecified atom stereocenters. The summed E-state index contributed by atoms with van der Waals surface area (Å²) in [6.45, 7) is 9.64. The molecular weight excluding hydrogens is 354 g/mol. The SMILES string of the molecule is Cc1ccc(C(CNC(=O)c2[nH]c(C)c(C(=O)OC(C)C)c2C)N(C)C)cc1. The van der Waals surface area contributed by atoms with Crippen LogP contribution in [0, 0.1) is 20.8 Å². The Morgan fingerprint density at radius 2 is 1.71 bits per heavy atom. The maximum absolute atomic E-state index is 12.8. The van der Waals surface area contributed by atoms with Crippen molar-refractivity contribution < 1.29 is 14.3 Å². The van der Waals surface area contributed by atoms with E-state index in [2.05, 4.69) is 46.4 Å². The summed E-state index contributed by atoms with van der Waals surface area (Å²) in [6.07, 6.45) is -0.214. The van der Waals surface area contributed by atoms with Crippen molar-refractivity contribution in [3.05, 3.63) is 57.9 Å². The van der Waals surface area contributed by atoms with Crippen LogP contribution < -0.4 is 5.32 Å². The molecular formula is C22H31N3O3. The number of carbonyl (C=O) groups is 2. The summed E-state index contributed by atoms with van der Waals surface area (Å²) in [5.41, 5.74) is 4.41. The Morgan fingerprint density at radius 1 is 1.11 bits per heavy atom. The van der Waals surface area contributed by atoms with Gasteiger partial charge in [-0.1, -0.05) is 29.8 Å². The van der Waals surface area contributed by atoms with E-state index in [0.717, 1.165) is 5.56 Å². The van der Waals surface area contributed by atoms with Gasteiger partial charge in [-0.3, -0.25) is 4.79 Å². The number of amides is 1. The van der Waals surface area contributed by atoms with E-state index in [0.29, 0.717) is 29.1 Å². The van der Waals surface area contributed by atoms with Gasteiger partial charge in [0.1, 0.15) is 5.69 Å². The molecule has 2 N–H and O–H groups in total. The zero-order chi connectivity index (χ0) is 21.0. The second-order valence-electron chi connectivity index (χ2n) is 7.68. The summed E-state index contributed by atoms with van der Waals surface area (Å²) in [5, 5.41) is 2.99. The van der Waals surface area contributed by atoms with E-state index in [1.54, 1.807) is 27.7 Å². The summed E-state index contributed by atoms with van der Waals surface area (Å²) in [4.78, 5) is 30.2. The summed E-state index contributed by atoms with van der Waals surface area (Å²) < 4.78 is 5.29. The minimum atomic E-state index is -0.411. The van der Waals surface area contributed by atoms with E-state index in [1.165, 1.54) is 5.56 Å². The van der Waals surface area contributed by atoms with Crippen LogP contribution in [-0.2, 0) is 4.74 Å². The van der Waals surface area contributed by atoms with Gasteiger partial charge in [0.15, 0.2) is 0 Å². The third kappa shape index (κ3) is 5.01. The van der Waals surface area contributed by atoms with Crippen LogP contribution in [0.5, 0.6) is 0 Å². The van der Waals surface area contributed by atoms with Crippen molar-refractivity contribution in [1.82, 2.24) is 15.2 Å². The molecule has 0 saturated carbocycles. The quantitative estimate of drug-likeness (QED) is 0.715. The third-order valence-electron chi connectivity index (χ3n) is 4.75. The summed E-state index contributed by atoms with van der Waals surface area (Å²) in [6, 6.07) is 8.34. The molecule has 0 saturated heterocycles. The van der Waals surface area contributed by atoms with Crippen LogP contribution in [0.15, 0.2) is 24.3 Å². The molecule has 0 fully saturated rings. The lowest BCUT2D eigenvalue weighted by Crippen LogP contribution is -2.35. The van der Waals surface area contributed by atoms with Crippen LogP contribution in [0.3, 0.4) is 0 Å². The van der Waals surface area contributed by atoms with Gasteiger partial charge in [0.2, 0.25) is 0 Å². The molecule has 0 aliphatic carbocycles. The number of carbonyl (C=O) groups excluding carboxylic acids is 2. The molecule has 0 radical (unpaired) electrons. The van der Waals surface area contributed by atoms with E-state index in [9.17, 15) is 9.59 Å². The van der Waals surface area contributed by atoms with Gasteiger partial charge in [0.05, 0.1) is 17.7 Å². The molecule has 2 aromatic rings. The minimum Gasteiger partial charge on any atom is -0.459 e. The Labute approximate surface area is 167 Å². The van der Waals surface area contributed by atoms with E-state index >= 15 is 0 Å². The van der Waals surface area contributed by atoms with Crippen molar-refractivity contribution in [2.75, 3.05) is 20.6 Å². The van der Waals surface area contributed by atoms with Gasteiger partial charge in [-0.25, -0.2) is 4.79 Å². The molecule has 6 nitrogen and oxygen atoms in total. The van der Waals surface area contributed by atoms with Gasteiger partial charge in [-0.15, -0.1) is 0 Å². The first-order chi connectivity index (χ1) is 13.1. The van der Waals surface area contributed by atoms with Crippen LogP contribution >= 0.6 is 0 Å². The van der Waals surface area contributed by atoms with Crippen molar-refractivity contribution in [1.29, 1.82) is 0 Å². The second kappa shape index (κ2) is 9.06. The number of ether oxygens (including phenoxy) is 1. The lowest BCUT2D eigenvalue weighted by molar-refractivity contribution is 0.0376. The number of aryl methyl sites for hydroxylation is 2. The van der Waals surface area contributed by atoms with Crippen LogP contribution in [0.25, 0.3) is 0 Å². The van der Waals surface area contributed by atoms with Gasteiger partial charge in [-0.2, -0.15) is 0 Å². The first-order valence-corrected chi connectivity index (χ1v) is 9.53. The van der Waals surface area contributed by atoms with Crippen LogP contribution in [0.4, 0.5) is 0 Å². The number of nitrogens with zero attached hydrogens (tertiary/aromatic N) is 1. The first kappa shape index (κ1) is 21.7. The highest BCUT2D eigenvalue weighted by atomic mass is 16.5. The van der Waals surface area contributed by atoms with E-state index in [-0.39, 0.29) is 18.1 Å².